The van der Waals surface area contributed by atoms with Crippen LogP contribution in [0.25, 0.3) is 5.69 Å². The third-order valence-electron chi connectivity index (χ3n) is 7.23. The first-order valence-electron chi connectivity index (χ1n) is 13.0. The van der Waals surface area contributed by atoms with E-state index >= 15 is 0 Å². The van der Waals surface area contributed by atoms with Gasteiger partial charge in [-0.25, -0.2) is 0 Å². The molecule has 1 atom stereocenters. The Balaban J connectivity index is 1.27. The zero-order chi connectivity index (χ0) is 27.8. The van der Waals surface area contributed by atoms with E-state index in [-0.39, 0.29) is 12.3 Å². The summed E-state index contributed by atoms with van der Waals surface area (Å²) in [7, 11) is 0.764. The second-order valence-electron chi connectivity index (χ2n) is 9.82. The minimum Gasteiger partial charge on any atom is -0.497 e. The summed E-state index contributed by atoms with van der Waals surface area (Å²) in [6.45, 7) is 2.74. The lowest BCUT2D eigenvalue weighted by atomic mass is 9.79. The second kappa shape index (κ2) is 10.9. The lowest BCUT2D eigenvalue weighted by molar-refractivity contribution is -0.121. The summed E-state index contributed by atoms with van der Waals surface area (Å²) in [6.07, 6.45) is 0.754. The van der Waals surface area contributed by atoms with Crippen LogP contribution in [-0.4, -0.2) is 52.2 Å². The monoisotopic (exact) mass is 555 g/mol. The second-order valence-corrected chi connectivity index (χ2v) is 10.3. The van der Waals surface area contributed by atoms with E-state index in [4.69, 9.17) is 26.0 Å². The van der Waals surface area contributed by atoms with Gasteiger partial charge in [0.15, 0.2) is 5.82 Å². The van der Waals surface area contributed by atoms with Crippen LogP contribution in [0.3, 0.4) is 0 Å². The number of amides is 1. The minimum atomic E-state index is -0.862. The molecule has 0 bridgehead atoms. The molecule has 2 aliphatic heterocycles. The molecule has 0 saturated carbocycles. The SMILES string of the molecule is COc1ccc2c(c1)C(c1ccc(Cl)cc1)=N[C@@H](CC(=O)NCCc1ccc3c(c1)COB3O)c1nnc(C)n1-2. The van der Waals surface area contributed by atoms with Gasteiger partial charge in [0, 0.05) is 22.7 Å². The lowest BCUT2D eigenvalue weighted by Crippen LogP contribution is -2.29. The van der Waals surface area contributed by atoms with E-state index in [1.54, 1.807) is 7.11 Å². The van der Waals surface area contributed by atoms with Gasteiger partial charge >= 0.3 is 7.12 Å². The van der Waals surface area contributed by atoms with Gasteiger partial charge in [-0.2, -0.15) is 0 Å². The highest BCUT2D eigenvalue weighted by molar-refractivity contribution is 6.61. The Kier molecular flexibility index (Phi) is 7.14. The number of carbonyl (C=O) groups excluding carboxylic acids is 1. The number of benzene rings is 3. The number of aliphatic imine (C=N–C) groups is 1. The average molecular weight is 556 g/mol. The third-order valence-corrected chi connectivity index (χ3v) is 7.49. The van der Waals surface area contributed by atoms with Gasteiger partial charge in [-0.3, -0.25) is 14.4 Å². The minimum absolute atomic E-state index is 0.102. The van der Waals surface area contributed by atoms with Crippen molar-refractivity contribution in [3.8, 4) is 11.4 Å². The molecule has 40 heavy (non-hydrogen) atoms. The topological polar surface area (TPSA) is 111 Å². The van der Waals surface area contributed by atoms with Crippen LogP contribution in [0.4, 0.5) is 0 Å². The lowest BCUT2D eigenvalue weighted by Gasteiger charge is -2.14. The summed E-state index contributed by atoms with van der Waals surface area (Å²) >= 11 is 6.18. The summed E-state index contributed by atoms with van der Waals surface area (Å²) in [5.74, 6) is 1.85. The standard InChI is InChI=1S/C29H27BClN5O4/c1-17-34-35-29-25(15-27(37)32-12-11-18-3-9-24-20(13-18)16-40-30(24)38)33-28(19-4-6-21(31)7-5-19)23-14-22(39-2)8-10-26(23)36(17)29/h3-10,13-14,25,38H,11-12,15-16H2,1-2H3,(H,32,37)/t25-/m0/s1. The van der Waals surface area contributed by atoms with Crippen molar-refractivity contribution >= 4 is 35.8 Å². The Labute approximate surface area is 237 Å². The van der Waals surface area contributed by atoms with E-state index in [1.165, 1.54) is 0 Å². The first kappa shape index (κ1) is 26.2. The number of methoxy groups -OCH3 is 1. The van der Waals surface area contributed by atoms with E-state index < -0.39 is 13.2 Å². The molecule has 1 amide bonds. The van der Waals surface area contributed by atoms with Gasteiger partial charge in [0.1, 0.15) is 17.6 Å². The van der Waals surface area contributed by atoms with Crippen LogP contribution in [0.15, 0.2) is 65.7 Å². The van der Waals surface area contributed by atoms with Crippen molar-refractivity contribution in [3.05, 3.63) is 99.6 Å². The number of aromatic nitrogens is 3. The molecule has 1 aromatic heterocycles. The molecule has 2 N–H and O–H groups in total. The molecule has 0 fully saturated rings. The normalized spacial score (nSPS) is 15.6. The molecule has 0 spiro atoms. The number of carbonyl (C=O) groups is 1. The predicted molar refractivity (Wildman–Crippen MR) is 153 cm³/mol. The van der Waals surface area contributed by atoms with Crippen LogP contribution in [0, 0.1) is 6.92 Å². The molecular weight excluding hydrogens is 529 g/mol. The first-order chi connectivity index (χ1) is 19.4. The number of nitrogens with zero attached hydrogens (tertiary/aromatic N) is 4. The van der Waals surface area contributed by atoms with E-state index in [0.29, 0.717) is 42.0 Å². The summed E-state index contributed by atoms with van der Waals surface area (Å²) in [4.78, 5) is 18.3. The maximum Gasteiger partial charge on any atom is 0.491 e. The number of rotatable bonds is 7. The molecule has 3 aromatic carbocycles. The first-order valence-corrected chi connectivity index (χ1v) is 13.4. The fourth-order valence-corrected chi connectivity index (χ4v) is 5.34. The predicted octanol–water partition coefficient (Wildman–Crippen LogP) is 3.10. The molecular formula is C29H27BClN5O4. The van der Waals surface area contributed by atoms with E-state index in [2.05, 4.69) is 15.5 Å². The molecule has 2 aliphatic rings. The van der Waals surface area contributed by atoms with E-state index in [1.807, 2.05) is 72.2 Å². The molecule has 0 aliphatic carbocycles. The van der Waals surface area contributed by atoms with Gasteiger partial charge in [-0.1, -0.05) is 41.9 Å². The number of hydrogen-bond acceptors (Lipinski definition) is 7. The Morgan fingerprint density at radius 1 is 1.18 bits per heavy atom. The Hall–Kier alpha value is -3.99. The van der Waals surface area contributed by atoms with Crippen LogP contribution in [0.2, 0.25) is 5.02 Å². The molecule has 3 heterocycles. The number of fused-ring (bicyclic) bond motifs is 4. The third kappa shape index (κ3) is 5.01. The van der Waals surface area contributed by atoms with Crippen LogP contribution >= 0.6 is 11.6 Å². The van der Waals surface area contributed by atoms with Gasteiger partial charge in [-0.05, 0) is 60.3 Å². The molecule has 0 saturated heterocycles. The number of aryl methyl sites for hydroxylation is 1. The maximum atomic E-state index is 13.2. The molecule has 6 rings (SSSR count). The summed E-state index contributed by atoms with van der Waals surface area (Å²) in [6, 6.07) is 18.6. The summed E-state index contributed by atoms with van der Waals surface area (Å²) < 4.78 is 12.8. The number of nitrogens with one attached hydrogen (secondary N) is 1. The number of hydrogen-bond donors (Lipinski definition) is 2. The quantitative estimate of drug-likeness (QED) is 0.339. The van der Waals surface area contributed by atoms with E-state index in [9.17, 15) is 9.82 Å². The molecule has 9 nitrogen and oxygen atoms in total. The van der Waals surface area contributed by atoms with Crippen molar-refractivity contribution in [1.29, 1.82) is 0 Å². The fraction of sp³-hybridized carbons (Fsp3) is 0.241. The number of ether oxygens (including phenoxy) is 1. The van der Waals surface area contributed by atoms with E-state index in [0.717, 1.165) is 39.1 Å². The number of halogens is 1. The van der Waals surface area contributed by atoms with Crippen molar-refractivity contribution in [1.82, 2.24) is 20.1 Å². The van der Waals surface area contributed by atoms with Gasteiger partial charge in [0.25, 0.3) is 0 Å². The highest BCUT2D eigenvalue weighted by atomic mass is 35.5. The molecule has 4 aromatic rings. The van der Waals surface area contributed by atoms with Crippen molar-refractivity contribution in [2.45, 2.75) is 32.4 Å². The highest BCUT2D eigenvalue weighted by Gasteiger charge is 2.30. The Morgan fingerprint density at radius 2 is 2.00 bits per heavy atom. The fourth-order valence-electron chi connectivity index (χ4n) is 5.21. The molecule has 0 radical (unpaired) electrons. The average Bonchev–Trinajstić information content (AvgIpc) is 3.49. The highest BCUT2D eigenvalue weighted by Crippen LogP contribution is 2.34. The summed E-state index contributed by atoms with van der Waals surface area (Å²) in [5.41, 5.74) is 6.13. The van der Waals surface area contributed by atoms with Crippen LogP contribution < -0.4 is 15.5 Å². The van der Waals surface area contributed by atoms with Gasteiger partial charge in [0.2, 0.25) is 5.91 Å². The van der Waals surface area contributed by atoms with Gasteiger partial charge < -0.3 is 19.7 Å². The van der Waals surface area contributed by atoms with Crippen LogP contribution in [0.5, 0.6) is 5.75 Å². The molecule has 11 heteroatoms. The summed E-state index contributed by atoms with van der Waals surface area (Å²) in [5, 5.41) is 22.3. The Bertz CT molecular complexity index is 1620. The maximum absolute atomic E-state index is 13.2. The van der Waals surface area contributed by atoms with Crippen LogP contribution in [-0.2, 0) is 22.5 Å². The molecule has 0 unspecified atom stereocenters. The van der Waals surface area contributed by atoms with Gasteiger partial charge in [0.05, 0.1) is 31.5 Å². The smallest absolute Gasteiger partial charge is 0.491 e. The largest absolute Gasteiger partial charge is 0.497 e. The molecule has 202 valence electrons. The zero-order valence-corrected chi connectivity index (χ0v) is 22.9. The van der Waals surface area contributed by atoms with Crippen LogP contribution in [0.1, 0.15) is 46.4 Å². The van der Waals surface area contributed by atoms with Crippen molar-refractivity contribution < 1.29 is 19.2 Å². The van der Waals surface area contributed by atoms with Gasteiger partial charge in [-0.15, -0.1) is 10.2 Å². The van der Waals surface area contributed by atoms with Crippen molar-refractivity contribution in [2.24, 2.45) is 4.99 Å². The Morgan fingerprint density at radius 3 is 2.80 bits per heavy atom. The zero-order valence-electron chi connectivity index (χ0n) is 22.1. The van der Waals surface area contributed by atoms with Crippen molar-refractivity contribution in [3.63, 3.8) is 0 Å². The van der Waals surface area contributed by atoms with Crippen molar-refractivity contribution in [2.75, 3.05) is 13.7 Å².